The van der Waals surface area contributed by atoms with E-state index >= 15 is 0 Å². The average molecular weight is 426 g/mol. The van der Waals surface area contributed by atoms with Crippen LogP contribution in [0.2, 0.25) is 0 Å². The monoisotopic (exact) mass is 425 g/mol. The van der Waals surface area contributed by atoms with E-state index in [1.807, 2.05) is 30.0 Å². The molecule has 1 aliphatic rings. The minimum absolute atomic E-state index is 0.00879. The number of rotatable bonds is 9. The summed E-state index contributed by atoms with van der Waals surface area (Å²) in [6.07, 6.45) is 3.16. The number of nitrogens with one attached hydrogen (secondary N) is 1. The maximum Gasteiger partial charge on any atom is 0.222 e. The van der Waals surface area contributed by atoms with Crippen LogP contribution in [0.25, 0.3) is 0 Å². The number of aryl methyl sites for hydroxylation is 1. The fraction of sp³-hybridized carbons (Fsp3) is 0.440. The van der Waals surface area contributed by atoms with Crippen molar-refractivity contribution in [2.45, 2.75) is 45.1 Å². The summed E-state index contributed by atoms with van der Waals surface area (Å²) in [7, 11) is 0. The number of halogens is 1. The number of anilines is 1. The molecule has 2 amide bonds. The lowest BCUT2D eigenvalue weighted by Gasteiger charge is -2.36. The van der Waals surface area contributed by atoms with E-state index in [-0.39, 0.29) is 23.7 Å². The lowest BCUT2D eigenvalue weighted by molar-refractivity contribution is -0.131. The van der Waals surface area contributed by atoms with Crippen LogP contribution in [0.4, 0.5) is 10.1 Å². The standard InChI is InChI=1S/C25H32FN3O2/c1-20(10-11-21-6-3-2-4-7-21)27-24(30)8-5-9-25(31)29-18-16-28(17-19-29)23-14-12-22(26)13-15-23/h2-4,6-7,12-15,20H,5,8-11,16-19H2,1H3,(H,27,30)/t20-/m0/s1. The number of nitrogens with zero attached hydrogens (tertiary/aromatic N) is 2. The molecule has 6 heteroatoms. The van der Waals surface area contributed by atoms with Crippen LogP contribution < -0.4 is 10.2 Å². The average Bonchev–Trinajstić information content (AvgIpc) is 2.79. The molecule has 1 fully saturated rings. The summed E-state index contributed by atoms with van der Waals surface area (Å²) < 4.78 is 13.1. The zero-order valence-electron chi connectivity index (χ0n) is 18.2. The normalized spacial score (nSPS) is 14.9. The maximum atomic E-state index is 13.1. The topological polar surface area (TPSA) is 52.7 Å². The van der Waals surface area contributed by atoms with E-state index in [0.717, 1.165) is 31.6 Å². The van der Waals surface area contributed by atoms with Gasteiger partial charge < -0.3 is 15.1 Å². The molecule has 3 rings (SSSR count). The first-order valence-electron chi connectivity index (χ1n) is 11.1. The van der Waals surface area contributed by atoms with Gasteiger partial charge in [0.1, 0.15) is 5.82 Å². The smallest absolute Gasteiger partial charge is 0.222 e. The van der Waals surface area contributed by atoms with Crippen molar-refractivity contribution in [3.8, 4) is 0 Å². The number of benzene rings is 2. The summed E-state index contributed by atoms with van der Waals surface area (Å²) in [6, 6.07) is 16.8. The number of piperazine rings is 1. The van der Waals surface area contributed by atoms with E-state index in [1.165, 1.54) is 17.7 Å². The zero-order valence-corrected chi connectivity index (χ0v) is 18.2. The van der Waals surface area contributed by atoms with Crippen LogP contribution in [-0.4, -0.2) is 48.9 Å². The molecule has 1 heterocycles. The molecule has 0 bridgehead atoms. The predicted molar refractivity (Wildman–Crippen MR) is 121 cm³/mol. The fourth-order valence-corrected chi connectivity index (χ4v) is 3.87. The number of carbonyl (C=O) groups is 2. The van der Waals surface area contributed by atoms with Crippen molar-refractivity contribution in [1.29, 1.82) is 0 Å². The Bertz CT molecular complexity index is 834. The van der Waals surface area contributed by atoms with E-state index in [0.29, 0.717) is 32.4 Å². The lowest BCUT2D eigenvalue weighted by Crippen LogP contribution is -2.48. The highest BCUT2D eigenvalue weighted by Gasteiger charge is 2.21. The highest BCUT2D eigenvalue weighted by molar-refractivity contribution is 5.79. The van der Waals surface area contributed by atoms with Gasteiger partial charge in [0.05, 0.1) is 0 Å². The van der Waals surface area contributed by atoms with Crippen LogP contribution in [0.5, 0.6) is 0 Å². The first kappa shape index (κ1) is 22.8. The third kappa shape index (κ3) is 7.39. The van der Waals surface area contributed by atoms with Crippen LogP contribution >= 0.6 is 0 Å². The summed E-state index contributed by atoms with van der Waals surface area (Å²) in [5.74, 6) is -0.134. The first-order chi connectivity index (χ1) is 15.0. The Morgan fingerprint density at radius 3 is 2.32 bits per heavy atom. The van der Waals surface area contributed by atoms with Gasteiger partial charge in [-0.1, -0.05) is 30.3 Å². The molecule has 166 valence electrons. The van der Waals surface area contributed by atoms with Gasteiger partial charge in [-0.2, -0.15) is 0 Å². The second kappa shape index (κ2) is 11.5. The quantitative estimate of drug-likeness (QED) is 0.665. The second-order valence-corrected chi connectivity index (χ2v) is 8.19. The Balaban J connectivity index is 1.30. The van der Waals surface area contributed by atoms with Crippen molar-refractivity contribution in [3.05, 3.63) is 66.0 Å². The summed E-state index contributed by atoms with van der Waals surface area (Å²) in [6.45, 7) is 4.79. The van der Waals surface area contributed by atoms with Crippen molar-refractivity contribution >= 4 is 17.5 Å². The van der Waals surface area contributed by atoms with Gasteiger partial charge >= 0.3 is 0 Å². The molecule has 2 aromatic carbocycles. The molecule has 31 heavy (non-hydrogen) atoms. The first-order valence-corrected chi connectivity index (χ1v) is 11.1. The third-order valence-corrected chi connectivity index (χ3v) is 5.73. The molecular formula is C25H32FN3O2. The van der Waals surface area contributed by atoms with Crippen LogP contribution in [-0.2, 0) is 16.0 Å². The summed E-state index contributed by atoms with van der Waals surface area (Å²) in [5, 5.41) is 3.03. The molecule has 0 aliphatic carbocycles. The molecule has 0 saturated carbocycles. The summed E-state index contributed by atoms with van der Waals surface area (Å²) in [5.41, 5.74) is 2.25. The zero-order chi connectivity index (χ0) is 22.1. The summed E-state index contributed by atoms with van der Waals surface area (Å²) in [4.78, 5) is 28.7. The SMILES string of the molecule is C[C@@H](CCc1ccccc1)NC(=O)CCCC(=O)N1CCN(c2ccc(F)cc2)CC1. The van der Waals surface area contributed by atoms with E-state index in [9.17, 15) is 14.0 Å². The van der Waals surface area contributed by atoms with Gasteiger partial charge in [-0.25, -0.2) is 4.39 Å². The second-order valence-electron chi connectivity index (χ2n) is 8.19. The molecule has 0 radical (unpaired) electrons. The fourth-order valence-electron chi connectivity index (χ4n) is 3.87. The van der Waals surface area contributed by atoms with Gasteiger partial charge in [0.15, 0.2) is 0 Å². The third-order valence-electron chi connectivity index (χ3n) is 5.73. The van der Waals surface area contributed by atoms with E-state index in [1.54, 1.807) is 12.1 Å². The van der Waals surface area contributed by atoms with E-state index in [4.69, 9.17) is 0 Å². The van der Waals surface area contributed by atoms with E-state index < -0.39 is 0 Å². The Kier molecular flexibility index (Phi) is 8.44. The molecule has 1 saturated heterocycles. The molecule has 0 aromatic heterocycles. The minimum Gasteiger partial charge on any atom is -0.368 e. The number of hydrogen-bond acceptors (Lipinski definition) is 3. The van der Waals surface area contributed by atoms with Gasteiger partial charge in [-0.3, -0.25) is 9.59 Å². The molecule has 2 aromatic rings. The number of carbonyl (C=O) groups excluding carboxylic acids is 2. The Labute approximate surface area is 184 Å². The van der Waals surface area contributed by atoms with Crippen LogP contribution in [0.15, 0.2) is 54.6 Å². The lowest BCUT2D eigenvalue weighted by atomic mass is 10.1. The van der Waals surface area contributed by atoms with Crippen molar-refractivity contribution in [2.24, 2.45) is 0 Å². The largest absolute Gasteiger partial charge is 0.368 e. The van der Waals surface area contributed by atoms with Crippen LogP contribution in [0.3, 0.4) is 0 Å². The molecule has 0 unspecified atom stereocenters. The molecular weight excluding hydrogens is 393 g/mol. The van der Waals surface area contributed by atoms with E-state index in [2.05, 4.69) is 22.3 Å². The van der Waals surface area contributed by atoms with Crippen LogP contribution in [0, 0.1) is 5.82 Å². The number of hydrogen-bond donors (Lipinski definition) is 1. The summed E-state index contributed by atoms with van der Waals surface area (Å²) >= 11 is 0. The Morgan fingerprint density at radius 2 is 1.65 bits per heavy atom. The van der Waals surface area contributed by atoms with Crippen molar-refractivity contribution in [2.75, 3.05) is 31.1 Å². The van der Waals surface area contributed by atoms with Gasteiger partial charge in [0, 0.05) is 50.7 Å². The Morgan fingerprint density at radius 1 is 0.968 bits per heavy atom. The van der Waals surface area contributed by atoms with Crippen molar-refractivity contribution in [1.82, 2.24) is 10.2 Å². The highest BCUT2D eigenvalue weighted by atomic mass is 19.1. The van der Waals surface area contributed by atoms with Crippen molar-refractivity contribution < 1.29 is 14.0 Å². The van der Waals surface area contributed by atoms with Crippen molar-refractivity contribution in [3.63, 3.8) is 0 Å². The Hall–Kier alpha value is -2.89. The molecule has 0 spiro atoms. The molecule has 5 nitrogen and oxygen atoms in total. The van der Waals surface area contributed by atoms with Gasteiger partial charge in [0.25, 0.3) is 0 Å². The minimum atomic E-state index is -0.243. The molecule has 1 N–H and O–H groups in total. The van der Waals surface area contributed by atoms with Gasteiger partial charge in [-0.05, 0) is 56.0 Å². The molecule has 1 atom stereocenters. The van der Waals surface area contributed by atoms with Crippen LogP contribution in [0.1, 0.15) is 38.2 Å². The molecule has 1 aliphatic heterocycles. The maximum absolute atomic E-state index is 13.1. The highest BCUT2D eigenvalue weighted by Crippen LogP contribution is 2.17. The predicted octanol–water partition coefficient (Wildman–Crippen LogP) is 3.78. The number of amides is 2. The van der Waals surface area contributed by atoms with Gasteiger partial charge in [0.2, 0.25) is 11.8 Å². The van der Waals surface area contributed by atoms with Gasteiger partial charge in [-0.15, -0.1) is 0 Å².